The molecule has 0 amide bonds. The summed E-state index contributed by atoms with van der Waals surface area (Å²) in [5.74, 6) is 2.42. The van der Waals surface area contributed by atoms with Crippen LogP contribution in [0.4, 0.5) is 0 Å². The van der Waals surface area contributed by atoms with Crippen molar-refractivity contribution in [2.45, 2.75) is 25.7 Å². The summed E-state index contributed by atoms with van der Waals surface area (Å²) in [4.78, 5) is 11.6. The topological polar surface area (TPSA) is 44.8 Å². The minimum atomic E-state index is -0.289. The SMILES string of the molecule is COc1ccc(/C=C/C(=O)OCC2CC2)cc1OCC1CC1. The minimum Gasteiger partial charge on any atom is -0.493 e. The van der Waals surface area contributed by atoms with E-state index in [9.17, 15) is 4.79 Å². The van der Waals surface area contributed by atoms with Gasteiger partial charge in [-0.05, 0) is 61.3 Å². The maximum absolute atomic E-state index is 11.6. The Labute approximate surface area is 131 Å². The number of ether oxygens (including phenoxy) is 3. The van der Waals surface area contributed by atoms with Crippen molar-refractivity contribution in [2.75, 3.05) is 20.3 Å². The number of benzene rings is 1. The number of rotatable bonds is 8. The molecule has 4 heteroatoms. The molecule has 0 spiro atoms. The molecule has 0 atom stereocenters. The molecule has 0 aromatic heterocycles. The highest BCUT2D eigenvalue weighted by molar-refractivity contribution is 5.87. The van der Waals surface area contributed by atoms with E-state index in [1.165, 1.54) is 31.8 Å². The molecule has 2 fully saturated rings. The van der Waals surface area contributed by atoms with E-state index < -0.39 is 0 Å². The molecule has 22 heavy (non-hydrogen) atoms. The van der Waals surface area contributed by atoms with Crippen LogP contribution in [0.15, 0.2) is 24.3 Å². The predicted octanol–water partition coefficient (Wildman–Crippen LogP) is 3.45. The Morgan fingerprint density at radius 3 is 2.55 bits per heavy atom. The van der Waals surface area contributed by atoms with Crippen LogP contribution < -0.4 is 9.47 Å². The molecule has 4 nitrogen and oxygen atoms in total. The van der Waals surface area contributed by atoms with Gasteiger partial charge in [0, 0.05) is 6.08 Å². The first-order valence-corrected chi connectivity index (χ1v) is 7.90. The summed E-state index contributed by atoms with van der Waals surface area (Å²) in [5, 5.41) is 0. The van der Waals surface area contributed by atoms with Gasteiger partial charge < -0.3 is 14.2 Å². The first-order chi connectivity index (χ1) is 10.7. The maximum atomic E-state index is 11.6. The van der Waals surface area contributed by atoms with Crippen molar-refractivity contribution in [3.8, 4) is 11.5 Å². The Morgan fingerprint density at radius 1 is 1.14 bits per heavy atom. The molecule has 0 saturated heterocycles. The average molecular weight is 302 g/mol. The van der Waals surface area contributed by atoms with E-state index in [2.05, 4.69) is 0 Å². The highest BCUT2D eigenvalue weighted by Gasteiger charge is 2.23. The second-order valence-corrected chi connectivity index (χ2v) is 6.07. The van der Waals surface area contributed by atoms with Gasteiger partial charge in [-0.2, -0.15) is 0 Å². The zero-order chi connectivity index (χ0) is 15.4. The summed E-state index contributed by atoms with van der Waals surface area (Å²) in [6, 6.07) is 5.65. The minimum absolute atomic E-state index is 0.289. The molecule has 0 heterocycles. The molecular formula is C18H22O4. The Morgan fingerprint density at radius 2 is 1.86 bits per heavy atom. The summed E-state index contributed by atoms with van der Waals surface area (Å²) >= 11 is 0. The van der Waals surface area contributed by atoms with Crippen LogP contribution >= 0.6 is 0 Å². The van der Waals surface area contributed by atoms with Crippen LogP contribution in [0.1, 0.15) is 31.2 Å². The Kier molecular flexibility index (Phi) is 4.66. The van der Waals surface area contributed by atoms with E-state index in [0.717, 1.165) is 17.9 Å². The van der Waals surface area contributed by atoms with Crippen molar-refractivity contribution in [3.05, 3.63) is 29.8 Å². The van der Waals surface area contributed by atoms with Crippen LogP contribution in [-0.2, 0) is 9.53 Å². The second-order valence-electron chi connectivity index (χ2n) is 6.07. The molecule has 0 N–H and O–H groups in total. The third kappa shape index (κ3) is 4.52. The highest BCUT2D eigenvalue weighted by atomic mass is 16.5. The summed E-state index contributed by atoms with van der Waals surface area (Å²) in [5.41, 5.74) is 0.898. The van der Waals surface area contributed by atoms with Crippen LogP contribution in [0, 0.1) is 11.8 Å². The lowest BCUT2D eigenvalue weighted by molar-refractivity contribution is -0.138. The smallest absolute Gasteiger partial charge is 0.330 e. The number of hydrogen-bond acceptors (Lipinski definition) is 4. The van der Waals surface area contributed by atoms with Gasteiger partial charge in [0.2, 0.25) is 0 Å². The molecule has 3 rings (SSSR count). The van der Waals surface area contributed by atoms with Gasteiger partial charge in [-0.15, -0.1) is 0 Å². The molecule has 2 aliphatic rings. The highest BCUT2D eigenvalue weighted by Crippen LogP contribution is 2.33. The van der Waals surface area contributed by atoms with E-state index >= 15 is 0 Å². The molecule has 0 unspecified atom stereocenters. The van der Waals surface area contributed by atoms with Crippen molar-refractivity contribution in [3.63, 3.8) is 0 Å². The van der Waals surface area contributed by atoms with Crippen molar-refractivity contribution < 1.29 is 19.0 Å². The lowest BCUT2D eigenvalue weighted by Gasteiger charge is -2.11. The summed E-state index contributed by atoms with van der Waals surface area (Å²) in [6.07, 6.45) is 8.06. The van der Waals surface area contributed by atoms with Crippen molar-refractivity contribution in [1.82, 2.24) is 0 Å². The zero-order valence-electron chi connectivity index (χ0n) is 12.9. The van der Waals surface area contributed by atoms with Crippen LogP contribution in [0.5, 0.6) is 11.5 Å². The van der Waals surface area contributed by atoms with Crippen molar-refractivity contribution >= 4 is 12.0 Å². The standard InChI is InChI=1S/C18H22O4/c1-20-16-8-6-13(10-17(16)21-11-14-2-3-14)7-9-18(19)22-12-15-4-5-15/h6-10,14-15H,2-5,11-12H2,1H3/b9-7+. The molecule has 2 saturated carbocycles. The lowest BCUT2D eigenvalue weighted by Crippen LogP contribution is -2.03. The van der Waals surface area contributed by atoms with Crippen molar-refractivity contribution in [2.24, 2.45) is 11.8 Å². The van der Waals surface area contributed by atoms with Crippen LogP contribution in [0.3, 0.4) is 0 Å². The molecule has 118 valence electrons. The predicted molar refractivity (Wildman–Crippen MR) is 83.9 cm³/mol. The van der Waals surface area contributed by atoms with Gasteiger partial charge in [0.25, 0.3) is 0 Å². The Balaban J connectivity index is 1.58. The van der Waals surface area contributed by atoms with E-state index in [-0.39, 0.29) is 5.97 Å². The monoisotopic (exact) mass is 302 g/mol. The van der Waals surface area contributed by atoms with Crippen molar-refractivity contribution in [1.29, 1.82) is 0 Å². The van der Waals surface area contributed by atoms with Crippen LogP contribution in [-0.4, -0.2) is 26.3 Å². The second kappa shape index (κ2) is 6.86. The molecule has 1 aromatic carbocycles. The Hall–Kier alpha value is -1.97. The quantitative estimate of drug-likeness (QED) is 0.545. The maximum Gasteiger partial charge on any atom is 0.330 e. The van der Waals surface area contributed by atoms with Gasteiger partial charge >= 0.3 is 5.97 Å². The van der Waals surface area contributed by atoms with Gasteiger partial charge in [0.1, 0.15) is 0 Å². The normalized spacial score (nSPS) is 17.5. The molecule has 2 aliphatic carbocycles. The number of hydrogen-bond donors (Lipinski definition) is 0. The molecule has 1 aromatic rings. The lowest BCUT2D eigenvalue weighted by atomic mass is 10.2. The van der Waals surface area contributed by atoms with Crippen LogP contribution in [0.2, 0.25) is 0 Å². The fraction of sp³-hybridized carbons (Fsp3) is 0.500. The number of carbonyl (C=O) groups excluding carboxylic acids is 1. The number of esters is 1. The van der Waals surface area contributed by atoms with Gasteiger partial charge in [-0.3, -0.25) is 0 Å². The average Bonchev–Trinajstić information content (AvgIpc) is 3.43. The number of methoxy groups -OCH3 is 1. The molecule has 0 radical (unpaired) electrons. The fourth-order valence-corrected chi connectivity index (χ4v) is 2.10. The fourth-order valence-electron chi connectivity index (χ4n) is 2.10. The van der Waals surface area contributed by atoms with E-state index in [1.54, 1.807) is 13.2 Å². The number of carbonyl (C=O) groups is 1. The largest absolute Gasteiger partial charge is 0.493 e. The van der Waals surface area contributed by atoms with E-state index in [4.69, 9.17) is 14.2 Å². The first-order valence-electron chi connectivity index (χ1n) is 7.90. The molecular weight excluding hydrogens is 280 g/mol. The van der Waals surface area contributed by atoms with Gasteiger partial charge in [-0.25, -0.2) is 4.79 Å². The van der Waals surface area contributed by atoms with E-state index in [1.807, 2.05) is 18.2 Å². The first kappa shape index (κ1) is 14.9. The summed E-state index contributed by atoms with van der Waals surface area (Å²) in [7, 11) is 1.63. The summed E-state index contributed by atoms with van der Waals surface area (Å²) < 4.78 is 16.3. The summed E-state index contributed by atoms with van der Waals surface area (Å²) in [6.45, 7) is 1.27. The van der Waals surface area contributed by atoms with Crippen LogP contribution in [0.25, 0.3) is 6.08 Å². The Bertz CT molecular complexity index is 556. The van der Waals surface area contributed by atoms with Gasteiger partial charge in [-0.1, -0.05) is 6.07 Å². The van der Waals surface area contributed by atoms with E-state index in [0.29, 0.717) is 24.2 Å². The zero-order valence-corrected chi connectivity index (χ0v) is 12.9. The third-order valence-electron chi connectivity index (χ3n) is 3.93. The van der Waals surface area contributed by atoms with Gasteiger partial charge in [0.15, 0.2) is 11.5 Å². The third-order valence-corrected chi connectivity index (χ3v) is 3.93. The molecule has 0 aliphatic heterocycles. The van der Waals surface area contributed by atoms with Gasteiger partial charge in [0.05, 0.1) is 20.3 Å². The molecule has 0 bridgehead atoms.